The van der Waals surface area contributed by atoms with Gasteiger partial charge in [-0.3, -0.25) is 0 Å². The molecule has 0 aromatic rings. The third kappa shape index (κ3) is 8.29. The first-order valence-corrected chi connectivity index (χ1v) is 4.53. The van der Waals surface area contributed by atoms with Crippen LogP contribution in [0.15, 0.2) is 0 Å². The van der Waals surface area contributed by atoms with Crippen molar-refractivity contribution < 1.29 is 22.0 Å². The Morgan fingerprint density at radius 2 is 1.85 bits per heavy atom. The molecule has 13 heavy (non-hydrogen) atoms. The second-order valence-electron chi connectivity index (χ2n) is 2.37. The van der Waals surface area contributed by atoms with Crippen molar-refractivity contribution in [3.05, 3.63) is 0 Å². The van der Waals surface area contributed by atoms with Gasteiger partial charge >= 0.3 is 5.51 Å². The van der Waals surface area contributed by atoms with Gasteiger partial charge in [0.1, 0.15) is 0 Å². The summed E-state index contributed by atoms with van der Waals surface area (Å²) in [6.45, 7) is 1.15. The lowest BCUT2D eigenvalue weighted by Crippen LogP contribution is -2.34. The fourth-order valence-corrected chi connectivity index (χ4v) is 0.994. The van der Waals surface area contributed by atoms with Crippen molar-refractivity contribution in [3.8, 4) is 0 Å². The van der Waals surface area contributed by atoms with E-state index in [0.29, 0.717) is 0 Å². The fourth-order valence-electron chi connectivity index (χ4n) is 0.542. The van der Waals surface area contributed by atoms with Gasteiger partial charge in [0.05, 0.1) is 6.04 Å². The number of hydrogen-bond donors (Lipinski definition) is 1. The molecule has 0 aromatic heterocycles. The van der Waals surface area contributed by atoms with Crippen molar-refractivity contribution in [2.75, 3.05) is 12.3 Å². The molecule has 0 rings (SSSR count). The standard InChI is InChI=1S/C6H10F5NS/c1-4(5(7)8)12-2-3-13-6(9,10)11/h4-5,12H,2-3H2,1H3. The number of hydrogen-bond acceptors (Lipinski definition) is 2. The molecule has 7 heteroatoms. The van der Waals surface area contributed by atoms with Crippen LogP contribution in [0.4, 0.5) is 22.0 Å². The van der Waals surface area contributed by atoms with Gasteiger partial charge in [-0.1, -0.05) is 0 Å². The highest BCUT2D eigenvalue weighted by molar-refractivity contribution is 8.00. The van der Waals surface area contributed by atoms with Gasteiger partial charge in [0, 0.05) is 12.3 Å². The van der Waals surface area contributed by atoms with E-state index in [0.717, 1.165) is 0 Å². The average Bonchev–Trinajstić information content (AvgIpc) is 1.95. The molecule has 0 heterocycles. The van der Waals surface area contributed by atoms with E-state index < -0.39 is 18.0 Å². The second kappa shape index (κ2) is 5.64. The normalized spacial score (nSPS) is 15.0. The molecule has 0 aliphatic carbocycles. The van der Waals surface area contributed by atoms with Gasteiger partial charge in [0.25, 0.3) is 6.43 Å². The number of halogens is 5. The van der Waals surface area contributed by atoms with Gasteiger partial charge < -0.3 is 5.32 Å². The number of thioether (sulfide) groups is 1. The second-order valence-corrected chi connectivity index (χ2v) is 3.53. The molecule has 0 aliphatic heterocycles. The minimum atomic E-state index is -4.28. The highest BCUT2D eigenvalue weighted by Gasteiger charge is 2.27. The van der Waals surface area contributed by atoms with Crippen LogP contribution in [0.3, 0.4) is 0 Å². The van der Waals surface area contributed by atoms with Crippen molar-refractivity contribution in [1.82, 2.24) is 5.32 Å². The average molecular weight is 223 g/mol. The van der Waals surface area contributed by atoms with Crippen LogP contribution < -0.4 is 5.32 Å². The Hall–Kier alpha value is -0.0400. The lowest BCUT2D eigenvalue weighted by atomic mass is 10.3. The molecule has 0 saturated carbocycles. The Labute approximate surface area is 77.1 Å². The molecule has 1 N–H and O–H groups in total. The van der Waals surface area contributed by atoms with Crippen LogP contribution in [-0.4, -0.2) is 30.3 Å². The predicted molar refractivity (Wildman–Crippen MR) is 42.0 cm³/mol. The lowest BCUT2D eigenvalue weighted by molar-refractivity contribution is -0.0327. The van der Waals surface area contributed by atoms with Crippen molar-refractivity contribution in [2.24, 2.45) is 0 Å². The highest BCUT2D eigenvalue weighted by Crippen LogP contribution is 2.29. The molecule has 0 saturated heterocycles. The molecular weight excluding hydrogens is 213 g/mol. The Morgan fingerprint density at radius 3 is 2.23 bits per heavy atom. The van der Waals surface area contributed by atoms with Crippen molar-refractivity contribution >= 4 is 11.8 Å². The molecule has 0 aliphatic rings. The minimum absolute atomic E-state index is 0.0737. The number of nitrogens with one attached hydrogen (secondary N) is 1. The summed E-state index contributed by atoms with van der Waals surface area (Å²) in [5.74, 6) is -0.249. The zero-order chi connectivity index (χ0) is 10.5. The van der Waals surface area contributed by atoms with E-state index in [1.807, 2.05) is 0 Å². The topological polar surface area (TPSA) is 12.0 Å². The van der Waals surface area contributed by atoms with Gasteiger partial charge in [0.2, 0.25) is 0 Å². The Bertz CT molecular complexity index is 137. The Morgan fingerprint density at radius 1 is 1.31 bits per heavy atom. The molecule has 0 bridgehead atoms. The van der Waals surface area contributed by atoms with Crippen molar-refractivity contribution in [2.45, 2.75) is 24.9 Å². The Kier molecular flexibility index (Phi) is 5.62. The van der Waals surface area contributed by atoms with Crippen LogP contribution in [0.5, 0.6) is 0 Å². The van der Waals surface area contributed by atoms with Crippen LogP contribution in [-0.2, 0) is 0 Å². The summed E-state index contributed by atoms with van der Waals surface area (Å²) in [7, 11) is 0. The first kappa shape index (κ1) is 13.0. The van der Waals surface area contributed by atoms with E-state index in [1.165, 1.54) is 6.92 Å². The maximum absolute atomic E-state index is 11.8. The lowest BCUT2D eigenvalue weighted by Gasteiger charge is -2.12. The Balaban J connectivity index is 3.36. The molecule has 1 nitrogen and oxygen atoms in total. The van der Waals surface area contributed by atoms with Gasteiger partial charge in [0.15, 0.2) is 0 Å². The zero-order valence-electron chi connectivity index (χ0n) is 6.87. The monoisotopic (exact) mass is 223 g/mol. The van der Waals surface area contributed by atoms with Crippen LogP contribution >= 0.6 is 11.8 Å². The maximum atomic E-state index is 11.8. The van der Waals surface area contributed by atoms with Crippen LogP contribution in [0.1, 0.15) is 6.92 Å². The van der Waals surface area contributed by atoms with Crippen molar-refractivity contribution in [3.63, 3.8) is 0 Å². The summed E-state index contributed by atoms with van der Waals surface area (Å²) in [4.78, 5) is 0. The molecule has 0 spiro atoms. The van der Waals surface area contributed by atoms with E-state index in [-0.39, 0.29) is 24.1 Å². The smallest absolute Gasteiger partial charge is 0.308 e. The first-order valence-electron chi connectivity index (χ1n) is 3.55. The van der Waals surface area contributed by atoms with E-state index in [2.05, 4.69) is 5.32 Å². The van der Waals surface area contributed by atoms with Gasteiger partial charge in [-0.25, -0.2) is 8.78 Å². The van der Waals surface area contributed by atoms with Gasteiger partial charge in [-0.15, -0.1) is 0 Å². The van der Waals surface area contributed by atoms with E-state index in [4.69, 9.17) is 0 Å². The quantitative estimate of drug-likeness (QED) is 0.567. The highest BCUT2D eigenvalue weighted by atomic mass is 32.2. The number of rotatable bonds is 5. The zero-order valence-corrected chi connectivity index (χ0v) is 7.68. The van der Waals surface area contributed by atoms with Crippen LogP contribution in [0.25, 0.3) is 0 Å². The molecular formula is C6H10F5NS. The maximum Gasteiger partial charge on any atom is 0.441 e. The van der Waals surface area contributed by atoms with Crippen LogP contribution in [0.2, 0.25) is 0 Å². The van der Waals surface area contributed by atoms with E-state index in [1.54, 1.807) is 0 Å². The number of alkyl halides is 5. The molecule has 0 radical (unpaired) electrons. The third-order valence-corrected chi connectivity index (χ3v) is 1.95. The van der Waals surface area contributed by atoms with Crippen molar-refractivity contribution in [1.29, 1.82) is 0 Å². The summed E-state index contributed by atoms with van der Waals surface area (Å²) in [5.41, 5.74) is -4.28. The van der Waals surface area contributed by atoms with E-state index >= 15 is 0 Å². The van der Waals surface area contributed by atoms with Gasteiger partial charge in [-0.05, 0) is 18.7 Å². The molecule has 80 valence electrons. The van der Waals surface area contributed by atoms with Gasteiger partial charge in [-0.2, -0.15) is 13.2 Å². The molecule has 0 amide bonds. The fraction of sp³-hybridized carbons (Fsp3) is 1.00. The molecule has 1 unspecified atom stereocenters. The third-order valence-electron chi connectivity index (χ3n) is 1.21. The predicted octanol–water partition coefficient (Wildman–Crippen LogP) is 2.48. The summed E-state index contributed by atoms with van der Waals surface area (Å²) in [5, 5.41) is 2.28. The van der Waals surface area contributed by atoms with Crippen LogP contribution in [0, 0.1) is 0 Å². The minimum Gasteiger partial charge on any atom is -0.308 e. The largest absolute Gasteiger partial charge is 0.441 e. The van der Waals surface area contributed by atoms with E-state index in [9.17, 15) is 22.0 Å². The SMILES string of the molecule is CC(NCCSC(F)(F)F)C(F)F. The molecule has 0 aromatic carbocycles. The molecule has 0 fully saturated rings. The first-order chi connectivity index (χ1) is 5.83. The summed E-state index contributed by atoms with van der Waals surface area (Å²) >= 11 is -0.220. The summed E-state index contributed by atoms with van der Waals surface area (Å²) < 4.78 is 58.2. The summed E-state index contributed by atoms with van der Waals surface area (Å²) in [6.07, 6.45) is -2.55. The summed E-state index contributed by atoms with van der Waals surface area (Å²) in [6, 6.07) is -1.06. The molecule has 1 atom stereocenters.